The Labute approximate surface area is 130 Å². The molecule has 122 valence electrons. The molecular weight excluding hydrogens is 307 g/mol. The molecule has 0 aromatic heterocycles. The van der Waals surface area contributed by atoms with E-state index in [9.17, 15) is 17.6 Å². The second kappa shape index (κ2) is 6.64. The molecule has 1 aliphatic rings. The molecule has 0 spiro atoms. The number of halogens is 1. The normalized spacial score (nSPS) is 22.1. The zero-order valence-corrected chi connectivity index (χ0v) is 13.5. The summed E-state index contributed by atoms with van der Waals surface area (Å²) in [6.07, 6.45) is 4.06. The number of amides is 2. The first-order valence-electron chi connectivity index (χ1n) is 7.30. The van der Waals surface area contributed by atoms with Crippen LogP contribution >= 0.6 is 0 Å². The highest BCUT2D eigenvalue weighted by atomic mass is 32.2. The van der Waals surface area contributed by atoms with Crippen LogP contribution in [0, 0.1) is 12.7 Å². The monoisotopic (exact) mass is 328 g/mol. The number of carbonyl (C=O) groups is 1. The van der Waals surface area contributed by atoms with Gasteiger partial charge in [0.1, 0.15) is 5.82 Å². The van der Waals surface area contributed by atoms with Crippen molar-refractivity contribution >= 4 is 21.6 Å². The lowest BCUT2D eigenvalue weighted by atomic mass is 9.95. The van der Waals surface area contributed by atoms with Crippen LogP contribution in [0.3, 0.4) is 0 Å². The lowest BCUT2D eigenvalue weighted by molar-refractivity contribution is 0.244. The van der Waals surface area contributed by atoms with Gasteiger partial charge in [0, 0.05) is 12.3 Å². The number of urea groups is 1. The maximum absolute atomic E-state index is 13.7. The lowest BCUT2D eigenvalue weighted by Crippen LogP contribution is -2.49. The quantitative estimate of drug-likeness (QED) is 0.895. The van der Waals surface area contributed by atoms with E-state index in [1.165, 1.54) is 12.3 Å². The molecule has 1 saturated carbocycles. The molecule has 1 aliphatic carbocycles. The van der Waals surface area contributed by atoms with E-state index in [1.807, 2.05) is 0 Å². The van der Waals surface area contributed by atoms with Gasteiger partial charge in [-0.15, -0.1) is 0 Å². The van der Waals surface area contributed by atoms with Crippen molar-refractivity contribution in [3.63, 3.8) is 0 Å². The highest BCUT2D eigenvalue weighted by Gasteiger charge is 2.33. The maximum atomic E-state index is 13.7. The van der Waals surface area contributed by atoms with Gasteiger partial charge < -0.3 is 10.6 Å². The summed E-state index contributed by atoms with van der Waals surface area (Å²) >= 11 is 0. The fourth-order valence-corrected chi connectivity index (χ4v) is 4.28. The number of sulfone groups is 1. The first-order valence-corrected chi connectivity index (χ1v) is 9.26. The molecule has 1 fully saturated rings. The molecule has 2 amide bonds. The second-order valence-electron chi connectivity index (χ2n) is 5.79. The summed E-state index contributed by atoms with van der Waals surface area (Å²) in [5.41, 5.74) is 0.727. The molecule has 2 N–H and O–H groups in total. The number of aryl methyl sites for hydroxylation is 1. The topological polar surface area (TPSA) is 75.3 Å². The predicted octanol–water partition coefficient (Wildman–Crippen LogP) is 2.61. The van der Waals surface area contributed by atoms with Gasteiger partial charge in [-0.1, -0.05) is 25.0 Å². The van der Waals surface area contributed by atoms with Crippen molar-refractivity contribution in [2.75, 3.05) is 11.6 Å². The SMILES string of the molecule is Cc1cccc(F)c1NC(=O)N[C@@H]1CCCC[C@H]1S(C)(=O)=O. The van der Waals surface area contributed by atoms with Gasteiger partial charge in [-0.25, -0.2) is 17.6 Å². The first-order chi connectivity index (χ1) is 10.3. The number of anilines is 1. The zero-order chi connectivity index (χ0) is 16.3. The molecule has 2 atom stereocenters. The number of nitrogens with one attached hydrogen (secondary N) is 2. The zero-order valence-electron chi connectivity index (χ0n) is 12.7. The van der Waals surface area contributed by atoms with Crippen LogP contribution in [0.5, 0.6) is 0 Å². The van der Waals surface area contributed by atoms with Crippen molar-refractivity contribution in [3.8, 4) is 0 Å². The van der Waals surface area contributed by atoms with Crippen molar-refractivity contribution < 1.29 is 17.6 Å². The highest BCUT2D eigenvalue weighted by Crippen LogP contribution is 2.24. The standard InChI is InChI=1S/C15H21FN2O3S/c1-10-6-5-7-11(16)14(10)18-15(19)17-12-8-3-4-9-13(12)22(2,20)21/h5-7,12-13H,3-4,8-9H2,1-2H3,(H2,17,18,19)/t12-,13-/m1/s1. The minimum absolute atomic E-state index is 0.117. The summed E-state index contributed by atoms with van der Waals surface area (Å²) in [5.74, 6) is -0.515. The molecule has 22 heavy (non-hydrogen) atoms. The Morgan fingerprint density at radius 2 is 1.95 bits per heavy atom. The summed E-state index contributed by atoms with van der Waals surface area (Å²) in [5, 5.41) is 4.59. The summed E-state index contributed by atoms with van der Waals surface area (Å²) in [4.78, 5) is 12.1. The Hall–Kier alpha value is -1.63. The fourth-order valence-electron chi connectivity index (χ4n) is 2.88. The molecule has 0 radical (unpaired) electrons. The molecule has 7 heteroatoms. The van der Waals surface area contributed by atoms with Crippen molar-refractivity contribution in [2.45, 2.75) is 43.9 Å². The van der Waals surface area contributed by atoms with Crippen molar-refractivity contribution in [2.24, 2.45) is 0 Å². The molecule has 1 aromatic carbocycles. The number of hydrogen-bond acceptors (Lipinski definition) is 3. The van der Waals surface area contributed by atoms with Crippen molar-refractivity contribution in [1.82, 2.24) is 5.32 Å². The predicted molar refractivity (Wildman–Crippen MR) is 84.2 cm³/mol. The van der Waals surface area contributed by atoms with Gasteiger partial charge >= 0.3 is 6.03 Å². The average molecular weight is 328 g/mol. The second-order valence-corrected chi connectivity index (χ2v) is 8.05. The number of hydrogen-bond donors (Lipinski definition) is 2. The van der Waals surface area contributed by atoms with Crippen LogP contribution in [-0.2, 0) is 9.84 Å². The Kier molecular flexibility index (Phi) is 5.05. The molecule has 1 aromatic rings. The minimum Gasteiger partial charge on any atom is -0.334 e. The lowest BCUT2D eigenvalue weighted by Gasteiger charge is -2.30. The van der Waals surface area contributed by atoms with Gasteiger partial charge in [0.2, 0.25) is 0 Å². The van der Waals surface area contributed by atoms with Crippen LogP contribution in [0.15, 0.2) is 18.2 Å². The summed E-state index contributed by atoms with van der Waals surface area (Å²) < 4.78 is 37.3. The third-order valence-electron chi connectivity index (χ3n) is 4.03. The van der Waals surface area contributed by atoms with Crippen LogP contribution in [0.4, 0.5) is 14.9 Å². The number of benzene rings is 1. The van der Waals surface area contributed by atoms with Crippen molar-refractivity contribution in [3.05, 3.63) is 29.6 Å². The highest BCUT2D eigenvalue weighted by molar-refractivity contribution is 7.91. The molecular formula is C15H21FN2O3S. The number of rotatable bonds is 3. The molecule has 0 bridgehead atoms. The van der Waals surface area contributed by atoms with E-state index in [4.69, 9.17) is 0 Å². The van der Waals surface area contributed by atoms with Crippen LogP contribution in [0.2, 0.25) is 0 Å². The summed E-state index contributed by atoms with van der Waals surface area (Å²) in [6.45, 7) is 1.69. The van der Waals surface area contributed by atoms with Crippen molar-refractivity contribution in [1.29, 1.82) is 0 Å². The van der Waals surface area contributed by atoms with Crippen LogP contribution in [-0.4, -0.2) is 32.0 Å². The van der Waals surface area contributed by atoms with E-state index in [0.717, 1.165) is 12.8 Å². The van der Waals surface area contributed by atoms with Crippen LogP contribution in [0.25, 0.3) is 0 Å². The van der Waals surface area contributed by atoms with E-state index in [2.05, 4.69) is 10.6 Å². The molecule has 0 saturated heterocycles. The maximum Gasteiger partial charge on any atom is 0.319 e. The van der Waals surface area contributed by atoms with E-state index >= 15 is 0 Å². The van der Waals surface area contributed by atoms with E-state index < -0.39 is 33.0 Å². The van der Waals surface area contributed by atoms with Crippen LogP contribution < -0.4 is 10.6 Å². The van der Waals surface area contributed by atoms with Gasteiger partial charge in [0.25, 0.3) is 0 Å². The Morgan fingerprint density at radius 3 is 2.59 bits per heavy atom. The van der Waals surface area contributed by atoms with Gasteiger partial charge in [-0.05, 0) is 31.4 Å². The number of para-hydroxylation sites is 1. The van der Waals surface area contributed by atoms with Gasteiger partial charge in [-0.2, -0.15) is 0 Å². The molecule has 0 heterocycles. The molecule has 0 unspecified atom stereocenters. The van der Waals surface area contributed by atoms with Crippen LogP contribution in [0.1, 0.15) is 31.2 Å². The third kappa shape index (κ3) is 3.97. The van der Waals surface area contributed by atoms with E-state index in [1.54, 1.807) is 19.1 Å². The first kappa shape index (κ1) is 16.7. The summed E-state index contributed by atoms with van der Waals surface area (Å²) in [7, 11) is -3.23. The smallest absolute Gasteiger partial charge is 0.319 e. The fraction of sp³-hybridized carbons (Fsp3) is 0.533. The minimum atomic E-state index is -3.23. The van der Waals surface area contributed by atoms with Gasteiger partial charge in [-0.3, -0.25) is 0 Å². The van der Waals surface area contributed by atoms with Gasteiger partial charge in [0.05, 0.1) is 10.9 Å². The average Bonchev–Trinajstić information content (AvgIpc) is 2.42. The third-order valence-corrected chi connectivity index (χ3v) is 5.69. The summed E-state index contributed by atoms with van der Waals surface area (Å²) in [6, 6.07) is 3.51. The number of carbonyl (C=O) groups excluding carboxylic acids is 1. The Balaban J connectivity index is 2.08. The largest absolute Gasteiger partial charge is 0.334 e. The Bertz CT molecular complexity index is 641. The van der Waals surface area contributed by atoms with Gasteiger partial charge in [0.15, 0.2) is 9.84 Å². The van der Waals surface area contributed by atoms with E-state index in [-0.39, 0.29) is 5.69 Å². The Morgan fingerprint density at radius 1 is 1.27 bits per heavy atom. The molecule has 5 nitrogen and oxygen atoms in total. The molecule has 0 aliphatic heterocycles. The van der Waals surface area contributed by atoms with E-state index in [0.29, 0.717) is 18.4 Å². The molecule has 2 rings (SSSR count).